The van der Waals surface area contributed by atoms with E-state index in [9.17, 15) is 14.4 Å². The molecule has 0 radical (unpaired) electrons. The van der Waals surface area contributed by atoms with Crippen LogP contribution in [0.4, 0.5) is 0 Å². The Morgan fingerprint density at radius 2 is 1.74 bits per heavy atom. The number of likely N-dealkylation sites (tertiary alicyclic amines) is 1. The average molecular weight is 376 g/mol. The minimum absolute atomic E-state index is 0.0146. The number of carbonyl (C=O) groups is 3. The van der Waals surface area contributed by atoms with Gasteiger partial charge in [0.15, 0.2) is 11.5 Å². The molecule has 1 aliphatic heterocycles. The number of Topliss-reactive ketones (excluding diaryl/α,β-unsaturated/α-hetero) is 1. The number of methoxy groups -OCH3 is 2. The monoisotopic (exact) mass is 376 g/mol. The van der Waals surface area contributed by atoms with Crippen molar-refractivity contribution in [3.05, 3.63) is 23.8 Å². The molecule has 1 aromatic carbocycles. The van der Waals surface area contributed by atoms with Crippen LogP contribution in [0.2, 0.25) is 0 Å². The normalized spacial score (nSPS) is 14.6. The van der Waals surface area contributed by atoms with Crippen LogP contribution in [-0.2, 0) is 20.8 Å². The van der Waals surface area contributed by atoms with Gasteiger partial charge in [-0.25, -0.2) is 0 Å². The molecule has 2 rings (SSSR count). The molecule has 1 heterocycles. The minimum atomic E-state index is -0.0969. The van der Waals surface area contributed by atoms with E-state index in [1.807, 2.05) is 17.0 Å². The van der Waals surface area contributed by atoms with Crippen LogP contribution >= 0.6 is 0 Å². The van der Waals surface area contributed by atoms with Gasteiger partial charge in [-0.05, 0) is 37.5 Å². The Labute approximate surface area is 160 Å². The van der Waals surface area contributed by atoms with E-state index in [2.05, 4.69) is 5.32 Å². The second kappa shape index (κ2) is 9.94. The van der Waals surface area contributed by atoms with Gasteiger partial charge < -0.3 is 24.5 Å². The zero-order chi connectivity index (χ0) is 19.8. The van der Waals surface area contributed by atoms with Crippen LogP contribution in [0.3, 0.4) is 0 Å². The molecular weight excluding hydrogens is 348 g/mol. The molecule has 7 nitrogen and oxygen atoms in total. The third-order valence-electron chi connectivity index (χ3n) is 4.72. The van der Waals surface area contributed by atoms with E-state index in [-0.39, 0.29) is 36.5 Å². The largest absolute Gasteiger partial charge is 0.493 e. The molecule has 148 valence electrons. The number of rotatable bonds is 8. The molecule has 0 aromatic heterocycles. The second-order valence-corrected chi connectivity index (χ2v) is 6.79. The van der Waals surface area contributed by atoms with Gasteiger partial charge >= 0.3 is 0 Å². The Morgan fingerprint density at radius 1 is 1.07 bits per heavy atom. The summed E-state index contributed by atoms with van der Waals surface area (Å²) in [7, 11) is 3.14. The quantitative estimate of drug-likeness (QED) is 0.747. The van der Waals surface area contributed by atoms with E-state index in [0.29, 0.717) is 31.0 Å². The van der Waals surface area contributed by atoms with Gasteiger partial charge in [0, 0.05) is 32.0 Å². The lowest BCUT2D eigenvalue weighted by Crippen LogP contribution is -2.47. The number of piperidine rings is 1. The fourth-order valence-corrected chi connectivity index (χ4v) is 3.14. The first-order valence-electron chi connectivity index (χ1n) is 9.20. The Bertz CT molecular complexity index is 681. The van der Waals surface area contributed by atoms with Crippen molar-refractivity contribution in [1.82, 2.24) is 10.2 Å². The molecule has 0 spiro atoms. The number of benzene rings is 1. The van der Waals surface area contributed by atoms with E-state index < -0.39 is 0 Å². The number of nitrogens with zero attached hydrogens (tertiary/aromatic N) is 1. The first-order chi connectivity index (χ1) is 12.9. The zero-order valence-electron chi connectivity index (χ0n) is 16.2. The number of ether oxygens (including phenoxy) is 2. The van der Waals surface area contributed by atoms with Gasteiger partial charge in [0.2, 0.25) is 11.8 Å². The van der Waals surface area contributed by atoms with Crippen LogP contribution in [0, 0.1) is 0 Å². The van der Waals surface area contributed by atoms with Gasteiger partial charge in [-0.2, -0.15) is 0 Å². The number of carbonyl (C=O) groups excluding carboxylic acids is 3. The van der Waals surface area contributed by atoms with E-state index in [0.717, 1.165) is 18.4 Å². The molecular formula is C20H28N2O5. The molecule has 0 atom stereocenters. The molecule has 1 aromatic rings. The zero-order valence-corrected chi connectivity index (χ0v) is 16.2. The van der Waals surface area contributed by atoms with Crippen molar-refractivity contribution >= 4 is 17.6 Å². The summed E-state index contributed by atoms with van der Waals surface area (Å²) in [6, 6.07) is 5.54. The van der Waals surface area contributed by atoms with Crippen LogP contribution in [-0.4, -0.2) is 55.8 Å². The van der Waals surface area contributed by atoms with Gasteiger partial charge in [0.1, 0.15) is 5.78 Å². The highest BCUT2D eigenvalue weighted by Gasteiger charge is 2.24. The predicted molar refractivity (Wildman–Crippen MR) is 101 cm³/mol. The van der Waals surface area contributed by atoms with E-state index in [4.69, 9.17) is 9.47 Å². The Hall–Kier alpha value is -2.57. The van der Waals surface area contributed by atoms with E-state index in [1.54, 1.807) is 20.3 Å². The Morgan fingerprint density at radius 3 is 2.33 bits per heavy atom. The molecule has 0 unspecified atom stereocenters. The summed E-state index contributed by atoms with van der Waals surface area (Å²) in [5, 5.41) is 2.95. The third kappa shape index (κ3) is 6.27. The highest BCUT2D eigenvalue weighted by Crippen LogP contribution is 2.28. The number of amides is 2. The van der Waals surface area contributed by atoms with Crippen LogP contribution in [0.1, 0.15) is 38.2 Å². The number of hydrogen-bond donors (Lipinski definition) is 1. The topological polar surface area (TPSA) is 84.9 Å². The smallest absolute Gasteiger partial charge is 0.226 e. The molecule has 0 aliphatic carbocycles. The molecule has 1 saturated heterocycles. The summed E-state index contributed by atoms with van der Waals surface area (Å²) in [4.78, 5) is 37.1. The van der Waals surface area contributed by atoms with E-state index in [1.165, 1.54) is 6.92 Å². The number of ketones is 1. The van der Waals surface area contributed by atoms with Crippen molar-refractivity contribution in [1.29, 1.82) is 0 Å². The average Bonchev–Trinajstić information content (AvgIpc) is 2.66. The summed E-state index contributed by atoms with van der Waals surface area (Å²) < 4.78 is 10.5. The minimum Gasteiger partial charge on any atom is -0.493 e. The van der Waals surface area contributed by atoms with Crippen molar-refractivity contribution in [2.75, 3.05) is 27.3 Å². The SMILES string of the molecule is COc1ccc(CC(=O)N2CCC(NC(=O)CCC(C)=O)CC2)cc1OC. The van der Waals surface area contributed by atoms with Crippen molar-refractivity contribution in [2.45, 2.75) is 45.1 Å². The van der Waals surface area contributed by atoms with Gasteiger partial charge in [0.25, 0.3) is 0 Å². The first kappa shape index (κ1) is 20.7. The van der Waals surface area contributed by atoms with Crippen LogP contribution < -0.4 is 14.8 Å². The molecule has 1 N–H and O–H groups in total. The van der Waals surface area contributed by atoms with Crippen LogP contribution in [0.15, 0.2) is 18.2 Å². The Balaban J connectivity index is 1.81. The maximum Gasteiger partial charge on any atom is 0.226 e. The van der Waals surface area contributed by atoms with Crippen LogP contribution in [0.5, 0.6) is 11.5 Å². The predicted octanol–water partition coefficient (Wildman–Crippen LogP) is 1.72. The van der Waals surface area contributed by atoms with Crippen molar-refractivity contribution < 1.29 is 23.9 Å². The van der Waals surface area contributed by atoms with Crippen molar-refractivity contribution in [3.8, 4) is 11.5 Å². The molecule has 0 saturated carbocycles. The van der Waals surface area contributed by atoms with Crippen LogP contribution in [0.25, 0.3) is 0 Å². The van der Waals surface area contributed by atoms with Crippen molar-refractivity contribution in [3.63, 3.8) is 0 Å². The van der Waals surface area contributed by atoms with Crippen molar-refractivity contribution in [2.24, 2.45) is 0 Å². The number of nitrogens with one attached hydrogen (secondary N) is 1. The third-order valence-corrected chi connectivity index (χ3v) is 4.72. The lowest BCUT2D eigenvalue weighted by Gasteiger charge is -2.32. The summed E-state index contributed by atoms with van der Waals surface area (Å²) in [6.45, 7) is 2.71. The molecule has 7 heteroatoms. The summed E-state index contributed by atoms with van der Waals surface area (Å²) in [6.07, 6.45) is 2.26. The molecule has 0 bridgehead atoms. The van der Waals surface area contributed by atoms with Gasteiger partial charge in [-0.3, -0.25) is 9.59 Å². The molecule has 27 heavy (non-hydrogen) atoms. The standard InChI is InChI=1S/C20H28N2O5/c1-14(23)4-7-19(24)21-16-8-10-22(11-9-16)20(25)13-15-5-6-17(26-2)18(12-15)27-3/h5-6,12,16H,4,7-11,13H2,1-3H3,(H,21,24). The fourth-order valence-electron chi connectivity index (χ4n) is 3.14. The lowest BCUT2D eigenvalue weighted by atomic mass is 10.0. The second-order valence-electron chi connectivity index (χ2n) is 6.79. The summed E-state index contributed by atoms with van der Waals surface area (Å²) >= 11 is 0. The van der Waals surface area contributed by atoms with Gasteiger partial charge in [-0.1, -0.05) is 6.07 Å². The molecule has 1 aliphatic rings. The van der Waals surface area contributed by atoms with E-state index >= 15 is 0 Å². The molecule has 2 amide bonds. The van der Waals surface area contributed by atoms with Gasteiger partial charge in [0.05, 0.1) is 20.6 Å². The first-order valence-corrected chi connectivity index (χ1v) is 9.20. The highest BCUT2D eigenvalue weighted by atomic mass is 16.5. The molecule has 1 fully saturated rings. The Kier molecular flexibility index (Phi) is 7.64. The van der Waals surface area contributed by atoms with Gasteiger partial charge in [-0.15, -0.1) is 0 Å². The summed E-state index contributed by atoms with van der Waals surface area (Å²) in [5.74, 6) is 1.22. The fraction of sp³-hybridized carbons (Fsp3) is 0.550. The maximum atomic E-state index is 12.6. The number of hydrogen-bond acceptors (Lipinski definition) is 5. The highest BCUT2D eigenvalue weighted by molar-refractivity contribution is 5.83. The maximum absolute atomic E-state index is 12.6. The lowest BCUT2D eigenvalue weighted by molar-refractivity contribution is -0.131. The summed E-state index contributed by atoms with van der Waals surface area (Å²) in [5.41, 5.74) is 0.873.